The molecular weight excluding hydrogens is 106 g/mol. The van der Waals surface area contributed by atoms with Gasteiger partial charge in [-0.05, 0) is 6.42 Å². The minimum absolute atomic E-state index is 0.531. The average Bonchev–Trinajstić information content (AvgIpc) is 1.65. The third-order valence-electron chi connectivity index (χ3n) is 0.775. The number of carbonyl (C=O) groups excluding carboxylic acids is 1. The van der Waals surface area contributed by atoms with Crippen LogP contribution in [0.1, 0.15) is 13.3 Å². The van der Waals surface area contributed by atoms with Crippen LogP contribution >= 0.6 is 0 Å². The Bertz CT molecular complexity index is 82.5. The highest BCUT2D eigenvalue weighted by molar-refractivity contribution is 5.83. The Balaban J connectivity index is 3.24. The third-order valence-corrected chi connectivity index (χ3v) is 0.775. The Morgan fingerprint density at radius 3 is 2.62 bits per heavy atom. The Morgan fingerprint density at radius 1 is 2.00 bits per heavy atom. The van der Waals surface area contributed by atoms with Gasteiger partial charge in [0, 0.05) is 0 Å². The first kappa shape index (κ1) is 7.43. The highest BCUT2D eigenvalue weighted by Gasteiger charge is 2.03. The van der Waals surface area contributed by atoms with Crippen molar-refractivity contribution in [3.63, 3.8) is 0 Å². The molecule has 1 radical (unpaired) electrons. The van der Waals surface area contributed by atoms with Gasteiger partial charge in [0.2, 0.25) is 5.91 Å². The van der Waals surface area contributed by atoms with Crippen LogP contribution in [0.5, 0.6) is 0 Å². The molecule has 0 aromatic rings. The monoisotopic (exact) mass is 116 g/mol. The van der Waals surface area contributed by atoms with Crippen LogP contribution in [0.3, 0.4) is 0 Å². The molecule has 0 aromatic heterocycles. The fourth-order valence-electron chi connectivity index (χ4n) is 0.307. The first-order valence-corrected chi connectivity index (χ1v) is 2.49. The van der Waals surface area contributed by atoms with Crippen molar-refractivity contribution < 1.29 is 9.90 Å². The molecule has 0 spiro atoms. The predicted octanol–water partition coefficient (Wildman–Crippen LogP) is -0.553. The van der Waals surface area contributed by atoms with Crippen molar-refractivity contribution in [1.29, 1.82) is 0 Å². The maximum atomic E-state index is 9.98. The average molecular weight is 116 g/mol. The van der Waals surface area contributed by atoms with Gasteiger partial charge in [-0.25, -0.2) is 0 Å². The predicted molar refractivity (Wildman–Crippen MR) is 29.8 cm³/mol. The number of amides is 1. The number of hydrogen-bond donors (Lipinski definition) is 2. The second-order valence-corrected chi connectivity index (χ2v) is 1.54. The van der Waals surface area contributed by atoms with Crippen LogP contribution in [0.25, 0.3) is 0 Å². The summed E-state index contributed by atoms with van der Waals surface area (Å²) in [5.41, 5.74) is 4.71. The van der Waals surface area contributed by atoms with Gasteiger partial charge in [0.15, 0.2) is 0 Å². The van der Waals surface area contributed by atoms with E-state index >= 15 is 0 Å². The normalized spacial score (nSPS) is 13.2. The topological polar surface area (TPSA) is 63.3 Å². The van der Waals surface area contributed by atoms with Gasteiger partial charge in [-0.3, -0.25) is 4.79 Å². The van der Waals surface area contributed by atoms with Crippen LogP contribution < -0.4 is 5.73 Å². The second-order valence-electron chi connectivity index (χ2n) is 1.54. The molecule has 0 aliphatic heterocycles. The van der Waals surface area contributed by atoms with Gasteiger partial charge in [0.25, 0.3) is 0 Å². The lowest BCUT2D eigenvalue weighted by Crippen LogP contribution is -2.19. The summed E-state index contributed by atoms with van der Waals surface area (Å²) in [7, 11) is 0. The SMILES string of the molecule is CCC(O)[CH]C(N)=O. The maximum absolute atomic E-state index is 9.98. The number of nitrogens with two attached hydrogens (primary N) is 1. The Morgan fingerprint density at radius 2 is 2.50 bits per heavy atom. The lowest BCUT2D eigenvalue weighted by atomic mass is 10.2. The number of rotatable bonds is 3. The smallest absolute Gasteiger partial charge is 0.224 e. The van der Waals surface area contributed by atoms with Gasteiger partial charge < -0.3 is 10.8 Å². The molecule has 3 N–H and O–H groups in total. The summed E-state index contributed by atoms with van der Waals surface area (Å²) in [5.74, 6) is -0.570. The lowest BCUT2D eigenvalue weighted by molar-refractivity contribution is -0.115. The fraction of sp³-hybridized carbons (Fsp3) is 0.600. The third kappa shape index (κ3) is 3.61. The van der Waals surface area contributed by atoms with E-state index in [4.69, 9.17) is 10.8 Å². The summed E-state index contributed by atoms with van der Waals surface area (Å²) >= 11 is 0. The van der Waals surface area contributed by atoms with Crippen molar-refractivity contribution in [2.45, 2.75) is 19.4 Å². The molecule has 0 bridgehead atoms. The van der Waals surface area contributed by atoms with E-state index in [1.54, 1.807) is 6.92 Å². The molecule has 0 aromatic carbocycles. The Labute approximate surface area is 48.5 Å². The minimum atomic E-state index is -0.674. The molecule has 1 atom stereocenters. The van der Waals surface area contributed by atoms with Gasteiger partial charge in [-0.15, -0.1) is 0 Å². The highest BCUT2D eigenvalue weighted by Crippen LogP contribution is 1.91. The molecule has 0 saturated heterocycles. The van der Waals surface area contributed by atoms with E-state index in [1.165, 1.54) is 0 Å². The van der Waals surface area contributed by atoms with Crippen molar-refractivity contribution in [2.24, 2.45) is 5.73 Å². The molecule has 0 aliphatic carbocycles. The van der Waals surface area contributed by atoms with E-state index in [0.29, 0.717) is 6.42 Å². The van der Waals surface area contributed by atoms with E-state index in [9.17, 15) is 4.79 Å². The Kier molecular flexibility index (Phi) is 3.19. The molecule has 0 heterocycles. The van der Waals surface area contributed by atoms with Gasteiger partial charge in [0.05, 0.1) is 12.5 Å². The number of hydrogen-bond acceptors (Lipinski definition) is 2. The zero-order valence-corrected chi connectivity index (χ0v) is 4.79. The molecule has 1 amide bonds. The molecule has 8 heavy (non-hydrogen) atoms. The van der Waals surface area contributed by atoms with Gasteiger partial charge in [0.1, 0.15) is 0 Å². The van der Waals surface area contributed by atoms with E-state index in [1.807, 2.05) is 0 Å². The Hall–Kier alpha value is -0.570. The zero-order chi connectivity index (χ0) is 6.57. The van der Waals surface area contributed by atoms with Crippen molar-refractivity contribution in [2.75, 3.05) is 0 Å². The molecule has 3 heteroatoms. The van der Waals surface area contributed by atoms with E-state index in [2.05, 4.69) is 0 Å². The largest absolute Gasteiger partial charge is 0.392 e. The van der Waals surface area contributed by atoms with Crippen molar-refractivity contribution in [3.8, 4) is 0 Å². The molecule has 0 rings (SSSR count). The molecular formula is C5H10NO2. The van der Waals surface area contributed by atoms with Gasteiger partial charge in [-0.1, -0.05) is 6.92 Å². The van der Waals surface area contributed by atoms with Crippen LogP contribution in [0.15, 0.2) is 0 Å². The highest BCUT2D eigenvalue weighted by atomic mass is 16.3. The molecule has 47 valence electrons. The van der Waals surface area contributed by atoms with Gasteiger partial charge in [-0.2, -0.15) is 0 Å². The van der Waals surface area contributed by atoms with E-state index in [0.717, 1.165) is 6.42 Å². The van der Waals surface area contributed by atoms with E-state index < -0.39 is 12.0 Å². The van der Waals surface area contributed by atoms with E-state index in [-0.39, 0.29) is 0 Å². The quantitative estimate of drug-likeness (QED) is 0.519. The first-order valence-electron chi connectivity index (χ1n) is 2.49. The molecule has 1 unspecified atom stereocenters. The van der Waals surface area contributed by atoms with Gasteiger partial charge >= 0.3 is 0 Å². The van der Waals surface area contributed by atoms with Crippen LogP contribution in [0, 0.1) is 6.42 Å². The number of aliphatic hydroxyl groups excluding tert-OH is 1. The summed E-state index contributed by atoms with van der Waals surface area (Å²) in [6.07, 6.45) is 0.940. The van der Waals surface area contributed by atoms with Crippen LogP contribution in [-0.2, 0) is 4.79 Å². The van der Waals surface area contributed by atoms with Crippen LogP contribution in [0.2, 0.25) is 0 Å². The molecule has 0 saturated carbocycles. The maximum Gasteiger partial charge on any atom is 0.224 e. The number of primary amides is 1. The molecule has 3 nitrogen and oxygen atoms in total. The molecule has 0 aliphatic rings. The lowest BCUT2D eigenvalue weighted by Gasteiger charge is -2.00. The number of aliphatic hydroxyl groups is 1. The van der Waals surface area contributed by atoms with Crippen LogP contribution in [0.4, 0.5) is 0 Å². The first-order chi connectivity index (χ1) is 3.66. The number of carbonyl (C=O) groups is 1. The van der Waals surface area contributed by atoms with Crippen molar-refractivity contribution in [1.82, 2.24) is 0 Å². The summed E-state index contributed by atoms with van der Waals surface area (Å²) in [4.78, 5) is 9.98. The zero-order valence-electron chi connectivity index (χ0n) is 4.79. The second kappa shape index (κ2) is 3.43. The fourth-order valence-corrected chi connectivity index (χ4v) is 0.307. The molecule has 0 fully saturated rings. The van der Waals surface area contributed by atoms with Crippen molar-refractivity contribution >= 4 is 5.91 Å². The van der Waals surface area contributed by atoms with Crippen molar-refractivity contribution in [3.05, 3.63) is 6.42 Å². The van der Waals surface area contributed by atoms with Crippen LogP contribution in [-0.4, -0.2) is 17.1 Å². The minimum Gasteiger partial charge on any atom is -0.392 e. The summed E-state index contributed by atoms with van der Waals surface area (Å²) in [6.45, 7) is 1.77. The standard InChI is InChI=1S/C5H10NO2/c1-2-4(7)3-5(6)8/h3-4,7H,2H2,1H3,(H2,6,8). The summed E-state index contributed by atoms with van der Waals surface area (Å²) in [5, 5.41) is 8.67. The summed E-state index contributed by atoms with van der Waals surface area (Å²) < 4.78 is 0. The summed E-state index contributed by atoms with van der Waals surface area (Å²) in [6, 6.07) is 0.